The van der Waals surface area contributed by atoms with Gasteiger partial charge < -0.3 is 31.1 Å². The third-order valence-corrected chi connectivity index (χ3v) is 13.0. The molecular weight excluding hydrogens is 798 g/mol. The lowest BCUT2D eigenvalue weighted by Gasteiger charge is -2.40. The van der Waals surface area contributed by atoms with E-state index in [9.17, 15) is 19.2 Å². The number of carbonyl (C=O) groups is 4. The predicted octanol–water partition coefficient (Wildman–Crippen LogP) is 5.59. The molecule has 0 atom stereocenters. The molecule has 0 spiro atoms. The summed E-state index contributed by atoms with van der Waals surface area (Å²) in [5.41, 5.74) is 13.5. The van der Waals surface area contributed by atoms with Crippen molar-refractivity contribution in [3.05, 3.63) is 99.1 Å². The molecule has 2 aromatic heterocycles. The lowest BCUT2D eigenvalue weighted by molar-refractivity contribution is -0.121. The van der Waals surface area contributed by atoms with Gasteiger partial charge in [-0.25, -0.2) is 18.9 Å². The number of nitrogens with two attached hydrogens (primary N) is 1. The first-order chi connectivity index (χ1) is 29.6. The summed E-state index contributed by atoms with van der Waals surface area (Å²) in [5.74, 6) is -0.633. The summed E-state index contributed by atoms with van der Waals surface area (Å²) in [7, 11) is 0. The highest BCUT2D eigenvalue weighted by atomic mass is 32.1. The maximum atomic E-state index is 16.0. The molecule has 0 radical (unpaired) electrons. The molecule has 0 bridgehead atoms. The number of thiazole rings is 1. The molecule has 0 saturated carbocycles. The number of urea groups is 1. The van der Waals surface area contributed by atoms with Gasteiger partial charge in [-0.3, -0.25) is 24.6 Å². The van der Waals surface area contributed by atoms with Gasteiger partial charge in [0.1, 0.15) is 28.7 Å². The molecule has 0 aliphatic carbocycles. The van der Waals surface area contributed by atoms with Crippen LogP contribution in [0.2, 0.25) is 0 Å². The van der Waals surface area contributed by atoms with E-state index in [1.54, 1.807) is 20.5 Å². The van der Waals surface area contributed by atoms with Crippen molar-refractivity contribution >= 4 is 63.8 Å². The largest absolute Gasteiger partial charge is 0.372 e. The number of amides is 5. The highest BCUT2D eigenvalue weighted by molar-refractivity contribution is 7.07. The molecule has 3 saturated heterocycles. The average Bonchev–Trinajstić information content (AvgIpc) is 3.87. The van der Waals surface area contributed by atoms with Crippen LogP contribution in [0.25, 0.3) is 11.3 Å². The third-order valence-electron chi connectivity index (χ3n) is 12.4. The zero-order valence-corrected chi connectivity index (χ0v) is 34.8. The number of halogens is 1. The van der Waals surface area contributed by atoms with Gasteiger partial charge in [0.15, 0.2) is 0 Å². The molecule has 4 aliphatic rings. The first kappa shape index (κ1) is 40.1. The van der Waals surface area contributed by atoms with Crippen LogP contribution < -0.4 is 31.5 Å². The maximum Gasteiger partial charge on any atom is 0.324 e. The number of rotatable bonds is 10. The van der Waals surface area contributed by atoms with Crippen LogP contribution in [0.1, 0.15) is 56.7 Å². The van der Waals surface area contributed by atoms with Gasteiger partial charge in [0.05, 0.1) is 5.51 Å². The first-order valence-electron chi connectivity index (χ1n) is 20.8. The van der Waals surface area contributed by atoms with Crippen molar-refractivity contribution in [1.82, 2.24) is 29.9 Å². The van der Waals surface area contributed by atoms with Gasteiger partial charge in [-0.05, 0) is 91.3 Å². The number of primary amides is 1. The van der Waals surface area contributed by atoms with Crippen LogP contribution in [0.15, 0.2) is 65.5 Å². The molecular formula is C44H48FN11O4S. The summed E-state index contributed by atoms with van der Waals surface area (Å²) in [6.45, 7) is 9.90. The summed E-state index contributed by atoms with van der Waals surface area (Å²) < 4.78 is 17.7. The zero-order valence-electron chi connectivity index (χ0n) is 34.0. The minimum Gasteiger partial charge on any atom is -0.372 e. The van der Waals surface area contributed by atoms with Gasteiger partial charge in [-0.2, -0.15) is 5.10 Å². The van der Waals surface area contributed by atoms with Crippen LogP contribution in [0.4, 0.5) is 37.9 Å². The van der Waals surface area contributed by atoms with Crippen LogP contribution in [-0.2, 0) is 24.3 Å². The molecule has 9 rings (SSSR count). The number of anilines is 5. The molecule has 3 aromatic carbocycles. The Bertz CT molecular complexity index is 2480. The molecule has 5 aromatic rings. The number of benzene rings is 3. The van der Waals surface area contributed by atoms with Crippen molar-refractivity contribution in [3.8, 4) is 11.3 Å². The number of piperazine rings is 1. The zero-order chi connectivity index (χ0) is 42.2. The lowest BCUT2D eigenvalue weighted by Crippen LogP contribution is -2.49. The Kier molecular flexibility index (Phi) is 11.2. The van der Waals surface area contributed by atoms with Gasteiger partial charge in [-0.15, -0.1) is 11.3 Å². The number of piperidine rings is 1. The Balaban J connectivity index is 0.787. The standard InChI is InChI=1S/C44H48FN11O4S/c1-27-33(43(59)49-36-25-61-26-47-36)7-8-34(39(27)45)40-38(41(46)58)42-48-35-9-6-32(22-30(35)12-17-56(42)51-40)54-20-18-52(19-21-54)23-29-10-14-53(15-11-29)31-4-2-28(3-5-31)24-55-16-13-37(57)50-44(55)60/h2-9,22,25-26,29,48H,10-21,23-24H2,1H3,(H2,46,58)(H,49,59)(H,50,57,60). The normalized spacial score (nSPS) is 17.3. The fraction of sp³-hybridized carbons (Fsp3) is 0.364. The topological polar surface area (TPSA) is 174 Å². The Morgan fingerprint density at radius 3 is 2.38 bits per heavy atom. The number of hydrogen-bond donors (Lipinski definition) is 4. The number of nitrogens with zero attached hydrogens (tertiary/aromatic N) is 7. The minimum atomic E-state index is -0.733. The van der Waals surface area contributed by atoms with E-state index in [2.05, 4.69) is 72.0 Å². The fourth-order valence-electron chi connectivity index (χ4n) is 8.91. The van der Waals surface area contributed by atoms with E-state index >= 15 is 4.39 Å². The van der Waals surface area contributed by atoms with E-state index < -0.39 is 17.6 Å². The summed E-state index contributed by atoms with van der Waals surface area (Å²) in [6.07, 6.45) is 3.27. The second-order valence-electron chi connectivity index (χ2n) is 16.2. The first-order valence-corrected chi connectivity index (χ1v) is 21.7. The van der Waals surface area contributed by atoms with Crippen molar-refractivity contribution in [2.75, 3.05) is 72.8 Å². The molecule has 61 heavy (non-hydrogen) atoms. The van der Waals surface area contributed by atoms with E-state index in [0.29, 0.717) is 50.0 Å². The summed E-state index contributed by atoms with van der Waals surface area (Å²) in [6, 6.07) is 17.5. The molecule has 17 heteroatoms. The Hall–Kier alpha value is -6.33. The second kappa shape index (κ2) is 17.0. The number of imide groups is 1. The number of hydrogen-bond acceptors (Lipinski definition) is 11. The highest BCUT2D eigenvalue weighted by Crippen LogP contribution is 2.38. The predicted molar refractivity (Wildman–Crippen MR) is 233 cm³/mol. The van der Waals surface area contributed by atoms with Crippen molar-refractivity contribution in [2.45, 2.75) is 45.7 Å². The van der Waals surface area contributed by atoms with E-state index in [-0.39, 0.29) is 39.9 Å². The molecule has 5 N–H and O–H groups in total. The highest BCUT2D eigenvalue weighted by Gasteiger charge is 2.30. The van der Waals surface area contributed by atoms with E-state index in [1.807, 2.05) is 6.07 Å². The van der Waals surface area contributed by atoms with E-state index in [1.165, 1.54) is 36.1 Å². The Morgan fingerprint density at radius 2 is 1.66 bits per heavy atom. The lowest BCUT2D eigenvalue weighted by atomic mass is 9.95. The number of nitrogens with one attached hydrogen (secondary N) is 3. The smallest absolute Gasteiger partial charge is 0.324 e. The van der Waals surface area contributed by atoms with Gasteiger partial charge in [0, 0.05) is 105 Å². The number of carbonyl (C=O) groups excluding carboxylic acids is 4. The van der Waals surface area contributed by atoms with Crippen LogP contribution in [-0.4, -0.2) is 101 Å². The van der Waals surface area contributed by atoms with Gasteiger partial charge in [-0.1, -0.05) is 12.1 Å². The Labute approximate surface area is 356 Å². The molecule has 6 heterocycles. The summed E-state index contributed by atoms with van der Waals surface area (Å²) >= 11 is 1.34. The van der Waals surface area contributed by atoms with Crippen LogP contribution in [0, 0.1) is 18.7 Å². The monoisotopic (exact) mass is 845 g/mol. The SMILES string of the molecule is Cc1c(C(=O)Nc2cscn2)ccc(-c2nn3c(c2C(N)=O)Nc2ccc(N4CCN(CC5CCN(c6ccc(CN7CCC(=O)NC7=O)cc6)CC5)CC4)cc2CC3)c1F. The van der Waals surface area contributed by atoms with Gasteiger partial charge in [0.2, 0.25) is 5.91 Å². The maximum absolute atomic E-state index is 16.0. The molecule has 0 unspecified atom stereocenters. The van der Waals surface area contributed by atoms with Crippen molar-refractivity contribution in [3.63, 3.8) is 0 Å². The summed E-state index contributed by atoms with van der Waals surface area (Å²) in [5, 5.41) is 14.9. The molecule has 3 fully saturated rings. The van der Waals surface area contributed by atoms with Crippen LogP contribution >= 0.6 is 11.3 Å². The molecule has 5 amide bonds. The molecule has 316 valence electrons. The number of aryl methyl sites for hydroxylation is 2. The van der Waals surface area contributed by atoms with Gasteiger partial charge in [0.25, 0.3) is 11.8 Å². The average molecular weight is 846 g/mol. The molecule has 15 nitrogen and oxygen atoms in total. The quantitative estimate of drug-likeness (QED) is 0.139. The van der Waals surface area contributed by atoms with Crippen LogP contribution in [0.3, 0.4) is 0 Å². The third kappa shape index (κ3) is 8.39. The van der Waals surface area contributed by atoms with E-state index in [0.717, 1.165) is 81.2 Å². The molecule has 4 aliphatic heterocycles. The summed E-state index contributed by atoms with van der Waals surface area (Å²) in [4.78, 5) is 62.7. The second-order valence-corrected chi connectivity index (χ2v) is 16.9. The number of fused-ring (bicyclic) bond motifs is 2. The number of aromatic nitrogens is 3. The van der Waals surface area contributed by atoms with E-state index in [4.69, 9.17) is 10.8 Å². The van der Waals surface area contributed by atoms with Crippen molar-refractivity contribution < 1.29 is 23.6 Å². The van der Waals surface area contributed by atoms with Crippen LogP contribution in [0.5, 0.6) is 0 Å². The fourth-order valence-corrected chi connectivity index (χ4v) is 9.40. The minimum absolute atomic E-state index is 0.0880. The van der Waals surface area contributed by atoms with Gasteiger partial charge >= 0.3 is 6.03 Å². The Morgan fingerprint density at radius 1 is 0.902 bits per heavy atom. The van der Waals surface area contributed by atoms with Crippen molar-refractivity contribution in [2.24, 2.45) is 11.7 Å². The van der Waals surface area contributed by atoms with Crippen molar-refractivity contribution in [1.29, 1.82) is 0 Å².